The van der Waals surface area contributed by atoms with Crippen molar-refractivity contribution >= 4 is 28.1 Å². The van der Waals surface area contributed by atoms with Crippen LogP contribution in [0.1, 0.15) is 21.5 Å². The number of benzene rings is 3. The maximum absolute atomic E-state index is 13.1. The third kappa shape index (κ3) is 3.65. The molecule has 0 saturated heterocycles. The molecule has 5 rings (SSSR count). The normalized spacial score (nSPS) is 11.0. The lowest BCUT2D eigenvalue weighted by Crippen LogP contribution is -2.02. The number of carbonyl (C=O) groups is 1. The largest absolute Gasteiger partial charge is 0.505 e. The van der Waals surface area contributed by atoms with Crippen LogP contribution in [-0.2, 0) is 0 Å². The first-order valence-electron chi connectivity index (χ1n) is 10.2. The summed E-state index contributed by atoms with van der Waals surface area (Å²) in [5.74, 6) is -0.352. The van der Waals surface area contributed by atoms with Crippen LogP contribution in [0.15, 0.2) is 95.5 Å². The number of rotatable bonds is 5. The van der Waals surface area contributed by atoms with Gasteiger partial charge in [0.15, 0.2) is 17.4 Å². The van der Waals surface area contributed by atoms with E-state index in [0.29, 0.717) is 16.3 Å². The van der Waals surface area contributed by atoms with Crippen molar-refractivity contribution in [2.24, 2.45) is 10.2 Å². The summed E-state index contributed by atoms with van der Waals surface area (Å²) in [6.07, 6.45) is 4.40. The molecule has 0 unspecified atom stereocenters. The lowest BCUT2D eigenvalue weighted by atomic mass is 9.97. The van der Waals surface area contributed by atoms with Crippen molar-refractivity contribution in [2.45, 2.75) is 0 Å². The highest BCUT2D eigenvalue weighted by molar-refractivity contribution is 6.14. The van der Waals surface area contributed by atoms with Gasteiger partial charge in [0.05, 0.1) is 11.8 Å². The number of nitrogens with zero attached hydrogens (tertiary/aromatic N) is 7. The Hall–Kier alpha value is -5.23. The Morgan fingerprint density at radius 1 is 0.971 bits per heavy atom. The Balaban J connectivity index is 1.67. The van der Waals surface area contributed by atoms with Gasteiger partial charge in [-0.15, -0.1) is 10.2 Å². The van der Waals surface area contributed by atoms with Crippen molar-refractivity contribution in [3.8, 4) is 17.8 Å². The second kappa shape index (κ2) is 8.72. The molecule has 0 aliphatic rings. The summed E-state index contributed by atoms with van der Waals surface area (Å²) < 4.78 is 1.28. The van der Waals surface area contributed by atoms with E-state index < -0.39 is 0 Å². The molecule has 0 atom stereocenters. The van der Waals surface area contributed by atoms with Gasteiger partial charge in [0.25, 0.3) is 5.95 Å². The monoisotopic (exact) mass is 445 g/mol. The molecule has 0 spiro atoms. The SMILES string of the molecule is N#Cc1cnn(-c2ncccn2)c1/N=N/c1c(O)c(C(=O)c2ccccc2)cc2ccccc12. The average molecular weight is 445 g/mol. The number of phenols is 1. The van der Waals surface area contributed by atoms with Gasteiger partial charge in [0.2, 0.25) is 0 Å². The van der Waals surface area contributed by atoms with E-state index in [9.17, 15) is 15.2 Å². The zero-order valence-electron chi connectivity index (χ0n) is 17.6. The summed E-state index contributed by atoms with van der Waals surface area (Å²) in [5.41, 5.74) is 0.779. The van der Waals surface area contributed by atoms with E-state index in [1.165, 1.54) is 23.3 Å². The van der Waals surface area contributed by atoms with E-state index >= 15 is 0 Å². The predicted octanol–water partition coefficient (Wildman–Crippen LogP) is 5.04. The first kappa shape index (κ1) is 20.7. The number of phenolic OH excluding ortho intramolecular Hbond substituents is 1. The molecule has 0 saturated carbocycles. The Morgan fingerprint density at radius 3 is 2.47 bits per heavy atom. The molecule has 9 nitrogen and oxygen atoms in total. The van der Waals surface area contributed by atoms with E-state index in [0.717, 1.165) is 0 Å². The van der Waals surface area contributed by atoms with Crippen LogP contribution in [0.2, 0.25) is 0 Å². The fourth-order valence-corrected chi connectivity index (χ4v) is 3.50. The standard InChI is InChI=1S/C25H15N7O2/c26-14-18-15-29-32(25-27-11-6-12-28-25)24(18)31-30-21-19-10-5-4-9-17(19)13-20(23(21)34)22(33)16-7-2-1-3-8-16/h1-13,15,34H/b31-30+. The predicted molar refractivity (Wildman–Crippen MR) is 124 cm³/mol. The Morgan fingerprint density at radius 2 is 1.71 bits per heavy atom. The Bertz CT molecular complexity index is 1590. The van der Waals surface area contributed by atoms with E-state index in [-0.39, 0.29) is 40.1 Å². The number of carbonyl (C=O) groups excluding carboxylic acids is 1. The third-order valence-corrected chi connectivity index (χ3v) is 5.13. The van der Waals surface area contributed by atoms with E-state index in [1.807, 2.05) is 24.3 Å². The van der Waals surface area contributed by atoms with Crippen LogP contribution in [0.3, 0.4) is 0 Å². The highest BCUT2D eigenvalue weighted by Gasteiger charge is 2.20. The van der Waals surface area contributed by atoms with E-state index in [4.69, 9.17) is 0 Å². The lowest BCUT2D eigenvalue weighted by molar-refractivity contribution is 0.103. The van der Waals surface area contributed by atoms with Crippen LogP contribution in [0, 0.1) is 11.3 Å². The number of ketones is 1. The minimum absolute atomic E-state index is 0.0944. The van der Waals surface area contributed by atoms with Crippen molar-refractivity contribution < 1.29 is 9.90 Å². The van der Waals surface area contributed by atoms with Gasteiger partial charge in [0.1, 0.15) is 17.3 Å². The number of hydrogen-bond acceptors (Lipinski definition) is 8. The van der Waals surface area contributed by atoms with E-state index in [1.54, 1.807) is 48.5 Å². The van der Waals surface area contributed by atoms with Gasteiger partial charge in [-0.05, 0) is 17.5 Å². The summed E-state index contributed by atoms with van der Waals surface area (Å²) in [6, 6.07) is 21.2. The van der Waals surface area contributed by atoms with E-state index in [2.05, 4.69) is 25.3 Å². The zero-order valence-corrected chi connectivity index (χ0v) is 17.6. The van der Waals surface area contributed by atoms with Gasteiger partial charge >= 0.3 is 0 Å². The molecule has 0 aliphatic carbocycles. The van der Waals surface area contributed by atoms with Crippen molar-refractivity contribution in [1.29, 1.82) is 5.26 Å². The molecule has 162 valence electrons. The van der Waals surface area contributed by atoms with Gasteiger partial charge in [0, 0.05) is 23.3 Å². The molecule has 0 radical (unpaired) electrons. The smallest absolute Gasteiger partial charge is 0.252 e. The quantitative estimate of drug-likeness (QED) is 0.298. The third-order valence-electron chi connectivity index (χ3n) is 5.13. The van der Waals surface area contributed by atoms with Crippen molar-refractivity contribution in [3.63, 3.8) is 0 Å². The van der Waals surface area contributed by atoms with Gasteiger partial charge in [-0.1, -0.05) is 54.6 Å². The van der Waals surface area contributed by atoms with Gasteiger partial charge in [-0.3, -0.25) is 4.79 Å². The number of aromatic nitrogens is 4. The molecule has 1 N–H and O–H groups in total. The fraction of sp³-hybridized carbons (Fsp3) is 0. The highest BCUT2D eigenvalue weighted by Crippen LogP contribution is 2.40. The summed E-state index contributed by atoms with van der Waals surface area (Å²) in [4.78, 5) is 21.4. The second-order valence-electron chi connectivity index (χ2n) is 7.19. The molecule has 34 heavy (non-hydrogen) atoms. The molecule has 0 bridgehead atoms. The van der Waals surface area contributed by atoms with Crippen LogP contribution in [-0.4, -0.2) is 30.6 Å². The molecule has 0 aliphatic heterocycles. The summed E-state index contributed by atoms with van der Waals surface area (Å²) in [7, 11) is 0. The first-order valence-corrected chi connectivity index (χ1v) is 10.2. The zero-order chi connectivity index (χ0) is 23.5. The molecule has 5 aromatic rings. The summed E-state index contributed by atoms with van der Waals surface area (Å²) >= 11 is 0. The summed E-state index contributed by atoms with van der Waals surface area (Å²) in [6.45, 7) is 0. The molecular formula is C25H15N7O2. The molecule has 2 aromatic heterocycles. The molecule has 0 fully saturated rings. The van der Waals surface area contributed by atoms with Crippen LogP contribution in [0.25, 0.3) is 16.7 Å². The first-order chi connectivity index (χ1) is 16.7. The summed E-state index contributed by atoms with van der Waals surface area (Å²) in [5, 5.41) is 34.5. The maximum Gasteiger partial charge on any atom is 0.252 e. The molecule has 3 aromatic carbocycles. The van der Waals surface area contributed by atoms with Gasteiger partial charge in [-0.2, -0.15) is 15.0 Å². The fourth-order valence-electron chi connectivity index (χ4n) is 3.50. The average Bonchev–Trinajstić information content (AvgIpc) is 3.31. The van der Waals surface area contributed by atoms with Crippen LogP contribution >= 0.6 is 0 Å². The Kier molecular flexibility index (Phi) is 5.30. The number of hydrogen-bond donors (Lipinski definition) is 1. The topological polar surface area (TPSA) is 129 Å². The van der Waals surface area contributed by atoms with Crippen molar-refractivity contribution in [2.75, 3.05) is 0 Å². The molecule has 0 amide bonds. The van der Waals surface area contributed by atoms with Gasteiger partial charge in [-0.25, -0.2) is 9.97 Å². The molecular weight excluding hydrogens is 430 g/mol. The number of azo groups is 1. The van der Waals surface area contributed by atoms with Crippen LogP contribution < -0.4 is 0 Å². The maximum atomic E-state index is 13.1. The van der Waals surface area contributed by atoms with Gasteiger partial charge < -0.3 is 5.11 Å². The molecule has 9 heteroatoms. The number of nitriles is 1. The van der Waals surface area contributed by atoms with Crippen LogP contribution in [0.4, 0.5) is 11.5 Å². The van der Waals surface area contributed by atoms with Crippen molar-refractivity contribution in [3.05, 3.63) is 102 Å². The minimum atomic E-state index is -0.347. The number of aromatic hydroxyl groups is 1. The highest BCUT2D eigenvalue weighted by atomic mass is 16.3. The van der Waals surface area contributed by atoms with Crippen molar-refractivity contribution in [1.82, 2.24) is 19.7 Å². The second-order valence-corrected chi connectivity index (χ2v) is 7.19. The van der Waals surface area contributed by atoms with Crippen LogP contribution in [0.5, 0.6) is 5.75 Å². The Labute approximate surface area is 193 Å². The lowest BCUT2D eigenvalue weighted by Gasteiger charge is -2.10. The molecule has 2 heterocycles. The minimum Gasteiger partial charge on any atom is -0.505 e. The number of fused-ring (bicyclic) bond motifs is 1.